The van der Waals surface area contributed by atoms with E-state index in [0.717, 1.165) is 61.5 Å². The summed E-state index contributed by atoms with van der Waals surface area (Å²) in [5.41, 5.74) is 10.00. The van der Waals surface area contributed by atoms with Crippen molar-refractivity contribution in [1.29, 1.82) is 0 Å². The van der Waals surface area contributed by atoms with Crippen molar-refractivity contribution in [3.8, 4) is 11.1 Å². The SMILES string of the molecule is C=C(c1nc2c(-c3ccc(F)cc3)cncc2[nH]1)c1cc(C2=CCN=CC(NC(=C)C3CCCC3)=C2)ccc1NC. The number of H-pyrrole nitrogens is 1. The summed E-state index contributed by atoms with van der Waals surface area (Å²) in [5.74, 6) is 0.887. The Morgan fingerprint density at radius 3 is 2.59 bits per heavy atom. The monoisotopic (exact) mass is 544 g/mol. The second kappa shape index (κ2) is 11.4. The van der Waals surface area contributed by atoms with E-state index in [4.69, 9.17) is 4.98 Å². The molecule has 6 rings (SSSR count). The van der Waals surface area contributed by atoms with Gasteiger partial charge in [-0.3, -0.25) is 9.98 Å². The van der Waals surface area contributed by atoms with Crippen LogP contribution in [0.1, 0.15) is 42.6 Å². The molecule has 1 aliphatic carbocycles. The summed E-state index contributed by atoms with van der Waals surface area (Å²) in [5, 5.41) is 6.83. The number of halogens is 1. The van der Waals surface area contributed by atoms with Gasteiger partial charge >= 0.3 is 0 Å². The maximum Gasteiger partial charge on any atom is 0.138 e. The molecule has 0 bridgehead atoms. The van der Waals surface area contributed by atoms with Crippen molar-refractivity contribution in [2.75, 3.05) is 18.9 Å². The first-order valence-electron chi connectivity index (χ1n) is 14.0. The van der Waals surface area contributed by atoms with Crippen molar-refractivity contribution < 1.29 is 4.39 Å². The number of nitrogens with zero attached hydrogens (tertiary/aromatic N) is 3. The van der Waals surface area contributed by atoms with Crippen LogP contribution in [0.3, 0.4) is 0 Å². The van der Waals surface area contributed by atoms with Gasteiger partial charge in [0.15, 0.2) is 0 Å². The van der Waals surface area contributed by atoms with Crippen LogP contribution in [0.4, 0.5) is 10.1 Å². The van der Waals surface area contributed by atoms with Crippen molar-refractivity contribution in [2.45, 2.75) is 25.7 Å². The van der Waals surface area contributed by atoms with E-state index in [1.165, 1.54) is 37.8 Å². The topological polar surface area (TPSA) is 78.0 Å². The van der Waals surface area contributed by atoms with Crippen molar-refractivity contribution >= 4 is 34.1 Å². The fraction of sp³-hybridized carbons (Fsp3) is 0.206. The fourth-order valence-corrected chi connectivity index (χ4v) is 5.63. The molecule has 0 radical (unpaired) electrons. The third-order valence-corrected chi connectivity index (χ3v) is 7.89. The normalized spacial score (nSPS) is 15.4. The molecule has 206 valence electrons. The molecule has 7 heteroatoms. The summed E-state index contributed by atoms with van der Waals surface area (Å²) >= 11 is 0. The predicted molar refractivity (Wildman–Crippen MR) is 167 cm³/mol. The molecular weight excluding hydrogens is 511 g/mol. The molecule has 4 aromatic rings. The van der Waals surface area contributed by atoms with E-state index < -0.39 is 0 Å². The van der Waals surface area contributed by atoms with Gasteiger partial charge in [-0.15, -0.1) is 0 Å². The average Bonchev–Trinajstić information content (AvgIpc) is 3.64. The lowest BCUT2D eigenvalue weighted by Crippen LogP contribution is -2.18. The van der Waals surface area contributed by atoms with Crippen LogP contribution in [0, 0.1) is 11.7 Å². The number of hydrogen-bond donors (Lipinski definition) is 3. The van der Waals surface area contributed by atoms with Gasteiger partial charge < -0.3 is 15.6 Å². The van der Waals surface area contributed by atoms with E-state index in [0.29, 0.717) is 18.3 Å². The molecule has 1 aliphatic heterocycles. The van der Waals surface area contributed by atoms with Gasteiger partial charge in [0.2, 0.25) is 0 Å². The Labute approximate surface area is 239 Å². The number of allylic oxidation sites excluding steroid dienone is 4. The smallest absolute Gasteiger partial charge is 0.138 e. The summed E-state index contributed by atoms with van der Waals surface area (Å²) in [6.45, 7) is 9.34. The molecule has 0 spiro atoms. The minimum atomic E-state index is -0.281. The maximum atomic E-state index is 13.5. The highest BCUT2D eigenvalue weighted by molar-refractivity contribution is 5.95. The van der Waals surface area contributed by atoms with Gasteiger partial charge in [0, 0.05) is 47.5 Å². The second-order valence-electron chi connectivity index (χ2n) is 10.5. The van der Waals surface area contributed by atoms with E-state index in [1.807, 2.05) is 13.3 Å². The Balaban J connectivity index is 1.32. The van der Waals surface area contributed by atoms with E-state index in [-0.39, 0.29) is 5.82 Å². The zero-order valence-electron chi connectivity index (χ0n) is 23.2. The molecule has 2 aromatic carbocycles. The lowest BCUT2D eigenvalue weighted by molar-refractivity contribution is 0.609. The molecule has 2 aromatic heterocycles. The number of aromatic amines is 1. The number of anilines is 1. The van der Waals surface area contributed by atoms with Gasteiger partial charge in [-0.25, -0.2) is 9.37 Å². The van der Waals surface area contributed by atoms with Gasteiger partial charge in [0.05, 0.1) is 29.5 Å². The highest BCUT2D eigenvalue weighted by atomic mass is 19.1. The van der Waals surface area contributed by atoms with E-state index in [1.54, 1.807) is 24.5 Å². The van der Waals surface area contributed by atoms with Crippen LogP contribution in [0.15, 0.2) is 96.6 Å². The molecule has 1 saturated carbocycles. The zero-order chi connectivity index (χ0) is 28.3. The van der Waals surface area contributed by atoms with Crippen LogP contribution < -0.4 is 10.6 Å². The number of imidazole rings is 1. The average molecular weight is 545 g/mol. The van der Waals surface area contributed by atoms with Crippen molar-refractivity contribution in [3.63, 3.8) is 0 Å². The van der Waals surface area contributed by atoms with Crippen molar-refractivity contribution in [2.24, 2.45) is 10.9 Å². The largest absolute Gasteiger partial charge is 0.388 e. The Morgan fingerprint density at radius 2 is 1.80 bits per heavy atom. The number of aliphatic imine (C=N–C) groups is 1. The minimum Gasteiger partial charge on any atom is -0.388 e. The summed E-state index contributed by atoms with van der Waals surface area (Å²) in [6, 6.07) is 12.7. The lowest BCUT2D eigenvalue weighted by Gasteiger charge is -2.17. The van der Waals surface area contributed by atoms with E-state index in [9.17, 15) is 4.39 Å². The van der Waals surface area contributed by atoms with E-state index in [2.05, 4.69) is 69.1 Å². The van der Waals surface area contributed by atoms with Crippen LogP contribution in [0.5, 0.6) is 0 Å². The van der Waals surface area contributed by atoms with Crippen molar-refractivity contribution in [3.05, 3.63) is 114 Å². The third kappa shape index (κ3) is 5.48. The Morgan fingerprint density at radius 1 is 1.02 bits per heavy atom. The number of hydrogen-bond acceptors (Lipinski definition) is 5. The molecular formula is C34H33FN6. The van der Waals surface area contributed by atoms with Crippen LogP contribution in [0.25, 0.3) is 33.3 Å². The molecule has 3 heterocycles. The number of benzene rings is 2. The summed E-state index contributed by atoms with van der Waals surface area (Å²) in [6.07, 6.45) is 14.6. The quantitative estimate of drug-likeness (QED) is 0.214. The highest BCUT2D eigenvalue weighted by Crippen LogP contribution is 2.34. The zero-order valence-corrected chi connectivity index (χ0v) is 23.2. The summed E-state index contributed by atoms with van der Waals surface area (Å²) in [7, 11) is 1.90. The fourth-order valence-electron chi connectivity index (χ4n) is 5.63. The van der Waals surface area contributed by atoms with Gasteiger partial charge in [-0.05, 0) is 65.8 Å². The molecule has 6 nitrogen and oxygen atoms in total. The standard InChI is InChI=1S/C34H33FN6/c1-21(34-40-32-20-38-19-30(33(32)41-34)24-8-11-27(35)12-9-24)29-17-25(10-13-31(29)36-3)26-14-15-37-18-28(16-26)39-22(2)23-6-4-5-7-23/h8-14,16-20,23,36,39H,1-2,4-7,15H2,3H3,(H,40,41). The van der Waals surface area contributed by atoms with Crippen LogP contribution in [-0.2, 0) is 0 Å². The number of fused-ring (bicyclic) bond motifs is 1. The lowest BCUT2D eigenvalue weighted by atomic mass is 9.96. The summed E-state index contributed by atoms with van der Waals surface area (Å²) in [4.78, 5) is 17.3. The second-order valence-corrected chi connectivity index (χ2v) is 10.5. The van der Waals surface area contributed by atoms with Gasteiger partial charge in [-0.1, -0.05) is 50.3 Å². The first-order valence-corrected chi connectivity index (χ1v) is 14.0. The van der Waals surface area contributed by atoms with Crippen LogP contribution in [0.2, 0.25) is 0 Å². The Bertz CT molecular complexity index is 1720. The maximum absolute atomic E-state index is 13.5. The predicted octanol–water partition coefficient (Wildman–Crippen LogP) is 7.51. The van der Waals surface area contributed by atoms with Gasteiger partial charge in [0.1, 0.15) is 11.6 Å². The van der Waals surface area contributed by atoms with Crippen LogP contribution >= 0.6 is 0 Å². The summed E-state index contributed by atoms with van der Waals surface area (Å²) < 4.78 is 13.5. The van der Waals surface area contributed by atoms with Gasteiger partial charge in [0.25, 0.3) is 0 Å². The number of nitrogens with one attached hydrogen (secondary N) is 3. The molecule has 3 N–H and O–H groups in total. The van der Waals surface area contributed by atoms with Gasteiger partial charge in [-0.2, -0.15) is 0 Å². The first-order chi connectivity index (χ1) is 20.0. The van der Waals surface area contributed by atoms with E-state index >= 15 is 0 Å². The third-order valence-electron chi connectivity index (χ3n) is 7.89. The minimum absolute atomic E-state index is 0.281. The number of rotatable bonds is 8. The first kappa shape index (κ1) is 26.4. The molecule has 0 saturated heterocycles. The Hall–Kier alpha value is -4.78. The van der Waals surface area contributed by atoms with Crippen LogP contribution in [-0.4, -0.2) is 34.8 Å². The Kier molecular flexibility index (Phi) is 7.33. The molecule has 41 heavy (non-hydrogen) atoms. The molecule has 2 aliphatic rings. The molecule has 0 unspecified atom stereocenters. The number of pyridine rings is 1. The molecule has 0 amide bonds. The highest BCUT2D eigenvalue weighted by Gasteiger charge is 2.19. The van der Waals surface area contributed by atoms with Crippen molar-refractivity contribution in [1.82, 2.24) is 20.3 Å². The molecule has 1 fully saturated rings. The number of aromatic nitrogens is 3. The molecule has 0 atom stereocenters.